The van der Waals surface area contributed by atoms with Gasteiger partial charge in [-0.15, -0.1) is 0 Å². The fourth-order valence-electron chi connectivity index (χ4n) is 2.15. The third kappa shape index (κ3) is 4.42. The summed E-state index contributed by atoms with van der Waals surface area (Å²) in [6.07, 6.45) is 1.59. The van der Waals surface area contributed by atoms with Crippen molar-refractivity contribution >= 4 is 28.7 Å². The molecule has 0 saturated carbocycles. The summed E-state index contributed by atoms with van der Waals surface area (Å²) >= 11 is 1.17. The van der Waals surface area contributed by atoms with Crippen LogP contribution in [0.1, 0.15) is 27.9 Å². The maximum absolute atomic E-state index is 11.6. The summed E-state index contributed by atoms with van der Waals surface area (Å²) in [7, 11) is 4.45. The SMILES string of the molecule is CCOc1c(OC)cc(/C=N\Nc2nc(C)c(C(=O)OC)s2)cc1OC. The number of ether oxygens (including phenoxy) is 4. The first kappa shape index (κ1) is 19.5. The van der Waals surface area contributed by atoms with Crippen LogP contribution in [0.2, 0.25) is 0 Å². The van der Waals surface area contributed by atoms with E-state index in [1.54, 1.807) is 39.5 Å². The Morgan fingerprint density at radius 3 is 2.46 bits per heavy atom. The van der Waals surface area contributed by atoms with Crippen molar-refractivity contribution in [3.05, 3.63) is 28.3 Å². The van der Waals surface area contributed by atoms with Gasteiger partial charge in [-0.05, 0) is 26.0 Å². The van der Waals surface area contributed by atoms with E-state index in [0.717, 1.165) is 5.56 Å². The van der Waals surface area contributed by atoms with Gasteiger partial charge in [-0.2, -0.15) is 5.10 Å². The van der Waals surface area contributed by atoms with E-state index in [4.69, 9.17) is 18.9 Å². The molecule has 0 saturated heterocycles. The number of hydrogen-bond donors (Lipinski definition) is 1. The van der Waals surface area contributed by atoms with Crippen LogP contribution >= 0.6 is 11.3 Å². The molecule has 0 aliphatic carbocycles. The molecule has 1 heterocycles. The molecule has 1 aromatic carbocycles. The Labute approximate surface area is 155 Å². The zero-order chi connectivity index (χ0) is 19.1. The zero-order valence-electron chi connectivity index (χ0n) is 15.3. The normalized spacial score (nSPS) is 10.7. The second-order valence-corrected chi connectivity index (χ2v) is 5.98. The van der Waals surface area contributed by atoms with E-state index in [1.165, 1.54) is 18.4 Å². The highest BCUT2D eigenvalue weighted by molar-refractivity contribution is 7.17. The van der Waals surface area contributed by atoms with Crippen molar-refractivity contribution in [1.29, 1.82) is 0 Å². The van der Waals surface area contributed by atoms with Gasteiger partial charge >= 0.3 is 5.97 Å². The molecule has 2 aromatic rings. The van der Waals surface area contributed by atoms with Gasteiger partial charge in [0.2, 0.25) is 10.9 Å². The van der Waals surface area contributed by atoms with Gasteiger partial charge in [-0.1, -0.05) is 11.3 Å². The van der Waals surface area contributed by atoms with Crippen LogP contribution < -0.4 is 19.6 Å². The third-order valence-electron chi connectivity index (χ3n) is 3.31. The number of rotatable bonds is 8. The van der Waals surface area contributed by atoms with Gasteiger partial charge in [0, 0.05) is 5.56 Å². The van der Waals surface area contributed by atoms with E-state index in [9.17, 15) is 4.79 Å². The molecule has 0 atom stereocenters. The molecular weight excluding hydrogens is 358 g/mol. The first-order valence-electron chi connectivity index (χ1n) is 7.77. The number of hydrazone groups is 1. The minimum atomic E-state index is -0.419. The standard InChI is InChI=1S/C17H21N3O5S/c1-6-25-14-12(22-3)7-11(8-13(14)23-4)9-18-20-17-19-10(2)15(26-17)16(21)24-5/h7-9H,6H2,1-5H3,(H,19,20)/b18-9-. The first-order chi connectivity index (χ1) is 12.5. The lowest BCUT2D eigenvalue weighted by molar-refractivity contribution is 0.0605. The fourth-order valence-corrected chi connectivity index (χ4v) is 2.98. The van der Waals surface area contributed by atoms with Crippen molar-refractivity contribution in [1.82, 2.24) is 4.98 Å². The smallest absolute Gasteiger partial charge is 0.350 e. The number of nitrogens with zero attached hydrogens (tertiary/aromatic N) is 2. The Balaban J connectivity index is 2.19. The van der Waals surface area contributed by atoms with Crippen LogP contribution in [0, 0.1) is 6.92 Å². The lowest BCUT2D eigenvalue weighted by Gasteiger charge is -2.14. The third-order valence-corrected chi connectivity index (χ3v) is 4.35. The summed E-state index contributed by atoms with van der Waals surface area (Å²) in [5, 5.41) is 4.64. The van der Waals surface area contributed by atoms with Crippen LogP contribution in [0.25, 0.3) is 0 Å². The molecule has 0 aliphatic heterocycles. The number of anilines is 1. The van der Waals surface area contributed by atoms with Gasteiger partial charge in [0.1, 0.15) is 4.88 Å². The van der Waals surface area contributed by atoms with Crippen LogP contribution in [0.15, 0.2) is 17.2 Å². The largest absolute Gasteiger partial charge is 0.493 e. The predicted molar refractivity (Wildman–Crippen MR) is 100 cm³/mol. The van der Waals surface area contributed by atoms with Gasteiger partial charge in [0.25, 0.3) is 0 Å². The first-order valence-corrected chi connectivity index (χ1v) is 8.59. The zero-order valence-corrected chi connectivity index (χ0v) is 16.1. The number of hydrogen-bond acceptors (Lipinski definition) is 9. The van der Waals surface area contributed by atoms with Gasteiger partial charge in [-0.3, -0.25) is 5.43 Å². The molecule has 8 nitrogen and oxygen atoms in total. The summed E-state index contributed by atoms with van der Waals surface area (Å²) in [6, 6.07) is 3.57. The maximum Gasteiger partial charge on any atom is 0.350 e. The number of nitrogens with one attached hydrogen (secondary N) is 1. The van der Waals surface area contributed by atoms with Gasteiger partial charge < -0.3 is 18.9 Å². The molecule has 9 heteroatoms. The Morgan fingerprint density at radius 1 is 1.27 bits per heavy atom. The number of carbonyl (C=O) groups excluding carboxylic acids is 1. The van der Waals surface area contributed by atoms with Crippen molar-refractivity contribution in [3.8, 4) is 17.2 Å². The van der Waals surface area contributed by atoms with E-state index in [2.05, 4.69) is 15.5 Å². The molecule has 0 bridgehead atoms. The monoisotopic (exact) mass is 379 g/mol. The van der Waals surface area contributed by atoms with Gasteiger partial charge in [0.05, 0.1) is 39.8 Å². The van der Waals surface area contributed by atoms with Crippen LogP contribution in [0.4, 0.5) is 5.13 Å². The van der Waals surface area contributed by atoms with Crippen LogP contribution in [-0.2, 0) is 4.74 Å². The second-order valence-electron chi connectivity index (χ2n) is 4.98. The average molecular weight is 379 g/mol. The topological polar surface area (TPSA) is 91.3 Å². The summed E-state index contributed by atoms with van der Waals surface area (Å²) < 4.78 is 21.0. The van der Waals surface area contributed by atoms with Crippen LogP contribution in [0.3, 0.4) is 0 Å². The summed E-state index contributed by atoms with van der Waals surface area (Å²) in [6.45, 7) is 4.12. The van der Waals surface area contributed by atoms with Crippen LogP contribution in [-0.4, -0.2) is 45.1 Å². The Hall–Kier alpha value is -2.81. The molecule has 140 valence electrons. The fraction of sp³-hybridized carbons (Fsp3) is 0.353. The lowest BCUT2D eigenvalue weighted by Crippen LogP contribution is -2.00. The molecule has 1 aromatic heterocycles. The molecule has 1 N–H and O–H groups in total. The minimum absolute atomic E-state index is 0.419. The molecule has 0 radical (unpaired) electrons. The molecule has 2 rings (SSSR count). The number of benzene rings is 1. The number of methoxy groups -OCH3 is 3. The summed E-state index contributed by atoms with van der Waals surface area (Å²) in [5.74, 6) is 1.22. The Bertz CT molecular complexity index is 779. The number of aryl methyl sites for hydroxylation is 1. The summed E-state index contributed by atoms with van der Waals surface area (Å²) in [4.78, 5) is 16.3. The second kappa shape index (κ2) is 9.04. The number of thiazole rings is 1. The predicted octanol–water partition coefficient (Wildman–Crippen LogP) is 3.10. The molecule has 0 fully saturated rings. The van der Waals surface area contributed by atoms with Crippen LogP contribution in [0.5, 0.6) is 17.2 Å². The van der Waals surface area contributed by atoms with Crippen molar-refractivity contribution in [2.45, 2.75) is 13.8 Å². The highest BCUT2D eigenvalue weighted by Crippen LogP contribution is 2.38. The highest BCUT2D eigenvalue weighted by atomic mass is 32.1. The van der Waals surface area contributed by atoms with E-state index < -0.39 is 5.97 Å². The quantitative estimate of drug-likeness (QED) is 0.428. The van der Waals surface area contributed by atoms with E-state index in [1.807, 2.05) is 6.92 Å². The molecule has 0 spiro atoms. The summed E-state index contributed by atoms with van der Waals surface area (Å²) in [5.41, 5.74) is 4.14. The molecule has 0 amide bonds. The lowest BCUT2D eigenvalue weighted by atomic mass is 10.2. The number of esters is 1. The minimum Gasteiger partial charge on any atom is -0.493 e. The Morgan fingerprint density at radius 2 is 1.92 bits per heavy atom. The number of carbonyl (C=O) groups is 1. The highest BCUT2D eigenvalue weighted by Gasteiger charge is 2.15. The van der Waals surface area contributed by atoms with Crippen molar-refractivity contribution in [2.75, 3.05) is 33.4 Å². The molecule has 26 heavy (non-hydrogen) atoms. The van der Waals surface area contributed by atoms with Crippen molar-refractivity contribution in [2.24, 2.45) is 5.10 Å². The van der Waals surface area contributed by atoms with Gasteiger partial charge in [0.15, 0.2) is 11.5 Å². The van der Waals surface area contributed by atoms with Crippen molar-refractivity contribution in [3.63, 3.8) is 0 Å². The van der Waals surface area contributed by atoms with E-state index in [-0.39, 0.29) is 0 Å². The molecule has 0 unspecified atom stereocenters. The Kier molecular flexibility index (Phi) is 6.79. The molecular formula is C17H21N3O5S. The van der Waals surface area contributed by atoms with E-state index >= 15 is 0 Å². The van der Waals surface area contributed by atoms with E-state index in [0.29, 0.717) is 39.6 Å². The average Bonchev–Trinajstić information content (AvgIpc) is 3.02. The molecule has 0 aliphatic rings. The van der Waals surface area contributed by atoms with Crippen molar-refractivity contribution < 1.29 is 23.7 Å². The number of aromatic nitrogens is 1. The maximum atomic E-state index is 11.6. The van der Waals surface area contributed by atoms with Gasteiger partial charge in [-0.25, -0.2) is 9.78 Å².